The van der Waals surface area contributed by atoms with Crippen molar-refractivity contribution in [3.05, 3.63) is 59.7 Å². The number of nitrogens with two attached hydrogens (primary N) is 2. The fraction of sp³-hybridized carbons (Fsp3) is 0.273. The molecule has 0 bridgehead atoms. The van der Waals surface area contributed by atoms with Crippen molar-refractivity contribution in [3.8, 4) is 0 Å². The number of pyridine rings is 1. The van der Waals surface area contributed by atoms with Gasteiger partial charge < -0.3 is 21.7 Å². The number of hydrogen-bond acceptors (Lipinski definition) is 7. The number of anilines is 2. The number of nitrogens with one attached hydrogen (secondary N) is 1. The lowest BCUT2D eigenvalue weighted by molar-refractivity contribution is 0.100. The third-order valence-corrected chi connectivity index (χ3v) is 7.29. The highest BCUT2D eigenvalue weighted by molar-refractivity contribution is 8.24. The highest BCUT2D eigenvalue weighted by atomic mass is 32.3. The van der Waals surface area contributed by atoms with E-state index in [0.717, 1.165) is 34.4 Å². The van der Waals surface area contributed by atoms with E-state index in [0.29, 0.717) is 36.6 Å². The molecular weight excluding hydrogens is 414 g/mol. The zero-order chi connectivity index (χ0) is 22.0. The highest BCUT2D eigenvalue weighted by Crippen LogP contribution is 2.51. The van der Waals surface area contributed by atoms with Gasteiger partial charge >= 0.3 is 0 Å². The lowest BCUT2D eigenvalue weighted by Crippen LogP contribution is -2.26. The van der Waals surface area contributed by atoms with Gasteiger partial charge in [0.1, 0.15) is 5.82 Å². The Morgan fingerprint density at radius 3 is 2.77 bits per heavy atom. The predicted molar refractivity (Wildman–Crippen MR) is 126 cm³/mol. The van der Waals surface area contributed by atoms with Crippen LogP contribution in [0.5, 0.6) is 0 Å². The van der Waals surface area contributed by atoms with Gasteiger partial charge in [-0.05, 0) is 42.8 Å². The van der Waals surface area contributed by atoms with E-state index in [-0.39, 0.29) is 5.75 Å². The third kappa shape index (κ3) is 4.45. The van der Waals surface area contributed by atoms with E-state index < -0.39 is 16.5 Å². The summed E-state index contributed by atoms with van der Waals surface area (Å²) >= 11 is 0. The second-order valence-electron chi connectivity index (χ2n) is 7.59. The first kappa shape index (κ1) is 21.4. The molecule has 1 aliphatic rings. The third-order valence-electron chi connectivity index (χ3n) is 5.43. The number of fused-ring (bicyclic) bond motifs is 2. The van der Waals surface area contributed by atoms with Gasteiger partial charge in [-0.25, -0.2) is 4.98 Å². The molecule has 1 aromatic heterocycles. The van der Waals surface area contributed by atoms with Crippen LogP contribution in [0.25, 0.3) is 10.9 Å². The van der Waals surface area contributed by atoms with Crippen LogP contribution in [0.4, 0.5) is 11.5 Å². The van der Waals surface area contributed by atoms with Crippen molar-refractivity contribution >= 4 is 38.9 Å². The van der Waals surface area contributed by atoms with Crippen molar-refractivity contribution in [2.24, 2.45) is 11.5 Å². The van der Waals surface area contributed by atoms with E-state index in [4.69, 9.17) is 16.5 Å². The predicted octanol–water partition coefficient (Wildman–Crippen LogP) is 3.22. The molecule has 0 fully saturated rings. The van der Waals surface area contributed by atoms with Crippen LogP contribution >= 0.6 is 10.6 Å². The van der Waals surface area contributed by atoms with Crippen molar-refractivity contribution in [1.29, 1.82) is 0 Å². The van der Waals surface area contributed by atoms with E-state index in [1.54, 1.807) is 24.3 Å². The number of primary amides is 1. The molecule has 8 nitrogen and oxygen atoms in total. The molecular formula is C22H27N5O3S. The zero-order valence-electron chi connectivity index (χ0n) is 17.1. The van der Waals surface area contributed by atoms with Crippen LogP contribution in [0.15, 0.2) is 53.4 Å². The average Bonchev–Trinajstić information content (AvgIpc) is 2.89. The molecule has 1 amide bonds. The quantitative estimate of drug-likeness (QED) is 0.370. The molecule has 0 aliphatic carbocycles. The molecule has 4 rings (SSSR count). The van der Waals surface area contributed by atoms with Gasteiger partial charge in [0.15, 0.2) is 0 Å². The van der Waals surface area contributed by atoms with Crippen LogP contribution in [0.1, 0.15) is 22.3 Å². The second kappa shape index (κ2) is 8.72. The first-order chi connectivity index (χ1) is 14.9. The number of amides is 1. The number of rotatable bonds is 6. The van der Waals surface area contributed by atoms with Crippen LogP contribution in [-0.2, 0) is 6.54 Å². The maximum absolute atomic E-state index is 11.7. The Morgan fingerprint density at radius 2 is 2.00 bits per heavy atom. The smallest absolute Gasteiger partial charge is 0.248 e. The number of hydrogen-bond donors (Lipinski definition) is 5. The lowest BCUT2D eigenvalue weighted by atomic mass is 10.1. The molecule has 0 saturated carbocycles. The van der Waals surface area contributed by atoms with Gasteiger partial charge in [0.25, 0.3) is 0 Å². The van der Waals surface area contributed by atoms with Crippen LogP contribution in [0.2, 0.25) is 0 Å². The van der Waals surface area contributed by atoms with Gasteiger partial charge in [-0.1, -0.05) is 18.2 Å². The molecule has 0 spiro atoms. The average molecular weight is 442 g/mol. The Balaban J connectivity index is 1.77. The summed E-state index contributed by atoms with van der Waals surface area (Å²) in [4.78, 5) is 19.1. The van der Waals surface area contributed by atoms with Gasteiger partial charge in [-0.3, -0.25) is 13.9 Å². The lowest BCUT2D eigenvalue weighted by Gasteiger charge is -2.32. The van der Waals surface area contributed by atoms with Crippen molar-refractivity contribution in [1.82, 2.24) is 4.98 Å². The molecule has 2 aromatic carbocycles. The first-order valence-electron chi connectivity index (χ1n) is 10.2. The summed E-state index contributed by atoms with van der Waals surface area (Å²) in [5, 5.41) is 4.20. The van der Waals surface area contributed by atoms with Crippen LogP contribution in [-0.4, -0.2) is 45.4 Å². The van der Waals surface area contributed by atoms with E-state index in [1.165, 1.54) is 0 Å². The highest BCUT2D eigenvalue weighted by Gasteiger charge is 2.26. The first-order valence-corrected chi connectivity index (χ1v) is 11.9. The minimum absolute atomic E-state index is 0.236. The summed E-state index contributed by atoms with van der Waals surface area (Å²) in [6, 6.07) is 14.6. The number of aromatic nitrogens is 1. The largest absolute Gasteiger partial charge is 0.384 e. The summed E-state index contributed by atoms with van der Waals surface area (Å²) in [6.07, 6.45) is 0.798. The molecule has 0 unspecified atom stereocenters. The number of carbonyl (C=O) groups excluding carboxylic acids is 1. The summed E-state index contributed by atoms with van der Waals surface area (Å²) in [7, 11) is -2.86. The SMILES string of the molecule is NCCCNc1cc(N2CCS(O)(O)c3ccccc3C2)nc2ccc(C(N)=O)cc12. The summed E-state index contributed by atoms with van der Waals surface area (Å²) in [5.41, 5.74) is 14.0. The zero-order valence-corrected chi connectivity index (χ0v) is 17.9. The Labute approximate surface area is 182 Å². The molecule has 0 radical (unpaired) electrons. The number of carbonyl (C=O) groups is 1. The fourth-order valence-corrected chi connectivity index (χ4v) is 5.32. The molecule has 164 valence electrons. The van der Waals surface area contributed by atoms with Gasteiger partial charge in [0.05, 0.1) is 16.2 Å². The summed E-state index contributed by atoms with van der Waals surface area (Å²) in [6.45, 7) is 2.22. The van der Waals surface area contributed by atoms with Crippen molar-refractivity contribution in [3.63, 3.8) is 0 Å². The van der Waals surface area contributed by atoms with E-state index in [9.17, 15) is 13.9 Å². The van der Waals surface area contributed by atoms with Gasteiger partial charge in [-0.15, -0.1) is 0 Å². The van der Waals surface area contributed by atoms with Crippen molar-refractivity contribution in [2.45, 2.75) is 17.9 Å². The van der Waals surface area contributed by atoms with Gasteiger partial charge in [0, 0.05) is 42.3 Å². The number of nitrogens with zero attached hydrogens (tertiary/aromatic N) is 2. The molecule has 9 heteroatoms. The minimum Gasteiger partial charge on any atom is -0.384 e. The molecule has 3 aromatic rings. The molecule has 1 aliphatic heterocycles. The van der Waals surface area contributed by atoms with Gasteiger partial charge in [0.2, 0.25) is 5.91 Å². The maximum atomic E-state index is 11.7. The Kier molecular flexibility index (Phi) is 6.01. The summed E-state index contributed by atoms with van der Waals surface area (Å²) in [5.74, 6) is 0.468. The Bertz CT molecular complexity index is 1120. The number of benzene rings is 2. The van der Waals surface area contributed by atoms with Crippen LogP contribution in [0.3, 0.4) is 0 Å². The molecule has 31 heavy (non-hydrogen) atoms. The normalized spacial score (nSPS) is 16.4. The Hall–Kier alpha value is -2.85. The van der Waals surface area contributed by atoms with Gasteiger partial charge in [-0.2, -0.15) is 10.6 Å². The molecule has 2 heterocycles. The van der Waals surface area contributed by atoms with Crippen LogP contribution < -0.4 is 21.7 Å². The minimum atomic E-state index is -2.86. The van der Waals surface area contributed by atoms with E-state index >= 15 is 0 Å². The molecule has 7 N–H and O–H groups in total. The van der Waals surface area contributed by atoms with Crippen molar-refractivity contribution in [2.75, 3.05) is 35.6 Å². The second-order valence-corrected chi connectivity index (χ2v) is 9.77. The standard InChI is InChI=1S/C22H27N5O3S/c23-8-3-9-25-19-13-21(26-18-7-6-15(22(24)28)12-17(18)19)27-10-11-31(29,30)20-5-2-1-4-16(20)14-27/h1-2,4-7,12-13,29-30H,3,8-11,14,23H2,(H2,24,28)(H,25,26). The van der Waals surface area contributed by atoms with Crippen LogP contribution in [0, 0.1) is 0 Å². The molecule has 0 atom stereocenters. The van der Waals surface area contributed by atoms with Crippen molar-refractivity contribution < 1.29 is 13.9 Å². The maximum Gasteiger partial charge on any atom is 0.248 e. The fourth-order valence-electron chi connectivity index (χ4n) is 3.78. The van der Waals surface area contributed by atoms with E-state index in [2.05, 4.69) is 10.2 Å². The monoisotopic (exact) mass is 441 g/mol. The van der Waals surface area contributed by atoms with E-state index in [1.807, 2.05) is 24.3 Å². The summed E-state index contributed by atoms with van der Waals surface area (Å²) < 4.78 is 21.3. The Morgan fingerprint density at radius 1 is 1.19 bits per heavy atom. The topological polar surface area (TPSA) is 138 Å². The molecule has 0 saturated heterocycles.